The average Bonchev–Trinajstić information content (AvgIpc) is 2.73. The first-order valence-electron chi connectivity index (χ1n) is 10.1. The predicted molar refractivity (Wildman–Crippen MR) is 122 cm³/mol. The predicted octanol–water partition coefficient (Wildman–Crippen LogP) is 7.17. The van der Waals surface area contributed by atoms with Crippen LogP contribution in [0.1, 0.15) is 37.5 Å². The van der Waals surface area contributed by atoms with Gasteiger partial charge in [0, 0.05) is 18.3 Å². The first kappa shape index (κ1) is 24.4. The van der Waals surface area contributed by atoms with Gasteiger partial charge in [-0.2, -0.15) is 13.2 Å². The fraction of sp³-hybridized carbons (Fsp3) is 0.250. The summed E-state index contributed by atoms with van der Waals surface area (Å²) in [6, 6.07) is 13.6. The van der Waals surface area contributed by atoms with Crippen molar-refractivity contribution >= 4 is 23.3 Å². The van der Waals surface area contributed by atoms with Crippen molar-refractivity contribution in [2.75, 3.05) is 5.32 Å². The third-order valence-electron chi connectivity index (χ3n) is 4.71. The van der Waals surface area contributed by atoms with Crippen LogP contribution in [0, 0.1) is 0 Å². The van der Waals surface area contributed by atoms with Crippen molar-refractivity contribution in [3.63, 3.8) is 0 Å². The molecule has 3 rings (SSSR count). The van der Waals surface area contributed by atoms with E-state index in [0.29, 0.717) is 11.4 Å². The number of nitrogens with one attached hydrogen (secondary N) is 2. The van der Waals surface area contributed by atoms with Crippen LogP contribution in [0.3, 0.4) is 0 Å². The summed E-state index contributed by atoms with van der Waals surface area (Å²) in [6.07, 6.45) is -3.05. The summed E-state index contributed by atoms with van der Waals surface area (Å²) in [6.45, 7) is 6.04. The zero-order valence-corrected chi connectivity index (χ0v) is 19.0. The van der Waals surface area contributed by atoms with Crippen LogP contribution in [-0.2, 0) is 18.1 Å². The van der Waals surface area contributed by atoms with Crippen LogP contribution in [0.2, 0.25) is 5.02 Å². The number of hydrogen-bond donors (Lipinski definition) is 2. The van der Waals surface area contributed by atoms with Gasteiger partial charge in [0.15, 0.2) is 0 Å². The maximum absolute atomic E-state index is 13.0. The Balaban J connectivity index is 1.72. The number of carbonyl (C=O) groups is 1. The number of carbonyl (C=O) groups excluding carboxylic acids is 1. The third-order valence-corrected chi connectivity index (χ3v) is 5.04. The highest BCUT2D eigenvalue weighted by Gasteiger charge is 2.33. The number of aromatic nitrogens is 1. The quantitative estimate of drug-likeness (QED) is 0.409. The molecule has 0 bridgehead atoms. The van der Waals surface area contributed by atoms with Gasteiger partial charge >= 0.3 is 12.2 Å². The van der Waals surface area contributed by atoms with Crippen LogP contribution in [0.15, 0.2) is 60.8 Å². The van der Waals surface area contributed by atoms with E-state index in [4.69, 9.17) is 16.3 Å². The first-order chi connectivity index (χ1) is 15.4. The third kappa shape index (κ3) is 6.38. The van der Waals surface area contributed by atoms with Gasteiger partial charge in [0.2, 0.25) is 5.88 Å². The second kappa shape index (κ2) is 9.70. The Kier molecular flexibility index (Phi) is 7.17. The molecule has 0 aliphatic carbocycles. The number of urea groups is 1. The Morgan fingerprint density at radius 1 is 1.03 bits per heavy atom. The number of amides is 2. The molecule has 0 fully saturated rings. The fourth-order valence-electron chi connectivity index (χ4n) is 3.10. The van der Waals surface area contributed by atoms with Crippen molar-refractivity contribution in [1.82, 2.24) is 10.3 Å². The largest absolute Gasteiger partial charge is 0.437 e. The number of pyridine rings is 1. The van der Waals surface area contributed by atoms with Crippen LogP contribution in [0.4, 0.5) is 23.7 Å². The van der Waals surface area contributed by atoms with Gasteiger partial charge in [-0.3, -0.25) is 0 Å². The summed E-state index contributed by atoms with van der Waals surface area (Å²) in [7, 11) is 0. The standard InChI is InChI=1S/C24H23ClF3N3O2/c1-23(2,3)16-7-4-5-9-20(16)33-21-19(8-6-12-29-21)31-22(32)30-14-15-10-11-18(25)17(13-15)24(26,27)28/h4-13H,14H2,1-3H3,(H2,30,31,32). The van der Waals surface area contributed by atoms with E-state index in [9.17, 15) is 18.0 Å². The molecule has 0 radical (unpaired) electrons. The van der Waals surface area contributed by atoms with Crippen LogP contribution in [0.5, 0.6) is 11.6 Å². The molecule has 0 saturated heterocycles. The summed E-state index contributed by atoms with van der Waals surface area (Å²) in [4.78, 5) is 16.6. The van der Waals surface area contributed by atoms with Gasteiger partial charge in [0.05, 0.1) is 10.6 Å². The Hall–Kier alpha value is -3.26. The normalized spacial score (nSPS) is 11.7. The average molecular weight is 478 g/mol. The van der Waals surface area contributed by atoms with Crippen molar-refractivity contribution in [1.29, 1.82) is 0 Å². The summed E-state index contributed by atoms with van der Waals surface area (Å²) >= 11 is 5.63. The maximum Gasteiger partial charge on any atom is 0.417 e. The minimum absolute atomic E-state index is 0.130. The minimum Gasteiger partial charge on any atom is -0.437 e. The van der Waals surface area contributed by atoms with Crippen LogP contribution >= 0.6 is 11.6 Å². The lowest BCUT2D eigenvalue weighted by Crippen LogP contribution is -2.28. The molecular weight excluding hydrogens is 455 g/mol. The molecule has 0 atom stereocenters. The zero-order chi connectivity index (χ0) is 24.2. The number of para-hydroxylation sites is 1. The van der Waals surface area contributed by atoms with E-state index in [2.05, 4.69) is 36.4 Å². The molecule has 2 N–H and O–H groups in total. The monoisotopic (exact) mass is 477 g/mol. The van der Waals surface area contributed by atoms with Crippen LogP contribution in [-0.4, -0.2) is 11.0 Å². The van der Waals surface area contributed by atoms with Crippen molar-refractivity contribution in [3.8, 4) is 11.6 Å². The van der Waals surface area contributed by atoms with E-state index >= 15 is 0 Å². The summed E-state index contributed by atoms with van der Waals surface area (Å²) in [5.41, 5.74) is 0.400. The van der Waals surface area contributed by atoms with Gasteiger partial charge in [0.1, 0.15) is 11.4 Å². The molecule has 1 heterocycles. The van der Waals surface area contributed by atoms with Crippen molar-refractivity contribution < 1.29 is 22.7 Å². The Morgan fingerprint density at radius 3 is 2.45 bits per heavy atom. The molecule has 0 spiro atoms. The van der Waals surface area contributed by atoms with Gasteiger partial charge in [-0.05, 0) is 41.3 Å². The number of benzene rings is 2. The number of nitrogens with zero attached hydrogens (tertiary/aromatic N) is 1. The Bertz CT molecular complexity index is 1140. The van der Waals surface area contributed by atoms with E-state index < -0.39 is 22.8 Å². The topological polar surface area (TPSA) is 63.2 Å². The Morgan fingerprint density at radius 2 is 1.76 bits per heavy atom. The maximum atomic E-state index is 13.0. The lowest BCUT2D eigenvalue weighted by molar-refractivity contribution is -0.137. The van der Waals surface area contributed by atoms with Gasteiger partial charge in [0.25, 0.3) is 0 Å². The molecule has 9 heteroatoms. The number of rotatable bonds is 5. The summed E-state index contributed by atoms with van der Waals surface area (Å²) in [5, 5.41) is 4.76. The van der Waals surface area contributed by atoms with Crippen LogP contribution in [0.25, 0.3) is 0 Å². The molecule has 0 aliphatic heterocycles. The molecule has 33 heavy (non-hydrogen) atoms. The van der Waals surface area contributed by atoms with Gasteiger partial charge < -0.3 is 15.4 Å². The highest BCUT2D eigenvalue weighted by molar-refractivity contribution is 6.31. The molecule has 0 aliphatic rings. The molecule has 2 amide bonds. The smallest absolute Gasteiger partial charge is 0.417 e. The molecule has 3 aromatic rings. The summed E-state index contributed by atoms with van der Waals surface area (Å²) in [5.74, 6) is 0.795. The van der Waals surface area contributed by atoms with E-state index in [-0.39, 0.29) is 23.4 Å². The molecule has 5 nitrogen and oxygen atoms in total. The summed E-state index contributed by atoms with van der Waals surface area (Å²) < 4.78 is 45.1. The van der Waals surface area contributed by atoms with Crippen molar-refractivity contribution in [3.05, 3.63) is 82.5 Å². The SMILES string of the molecule is CC(C)(C)c1ccccc1Oc1ncccc1NC(=O)NCc1ccc(Cl)c(C(F)(F)F)c1. The Labute approximate surface area is 194 Å². The highest BCUT2D eigenvalue weighted by atomic mass is 35.5. The van der Waals surface area contributed by atoms with Gasteiger partial charge in [-0.25, -0.2) is 9.78 Å². The van der Waals surface area contributed by atoms with Crippen molar-refractivity contribution in [2.24, 2.45) is 0 Å². The second-order valence-corrected chi connectivity index (χ2v) is 8.73. The number of hydrogen-bond acceptors (Lipinski definition) is 3. The van der Waals surface area contributed by atoms with E-state index in [1.54, 1.807) is 12.1 Å². The molecule has 174 valence electrons. The second-order valence-electron chi connectivity index (χ2n) is 8.32. The van der Waals surface area contributed by atoms with Gasteiger partial charge in [-0.15, -0.1) is 0 Å². The van der Waals surface area contributed by atoms with Crippen molar-refractivity contribution in [2.45, 2.75) is 38.9 Å². The van der Waals surface area contributed by atoms with E-state index in [1.165, 1.54) is 12.3 Å². The molecule has 2 aromatic carbocycles. The van der Waals surface area contributed by atoms with Gasteiger partial charge in [-0.1, -0.05) is 56.6 Å². The molecule has 1 aromatic heterocycles. The molecule has 0 unspecified atom stereocenters. The van der Waals surface area contributed by atoms with E-state index in [0.717, 1.165) is 17.7 Å². The molecule has 0 saturated carbocycles. The minimum atomic E-state index is -4.58. The first-order valence-corrected chi connectivity index (χ1v) is 10.5. The lowest BCUT2D eigenvalue weighted by Gasteiger charge is -2.22. The number of anilines is 1. The lowest BCUT2D eigenvalue weighted by atomic mass is 9.86. The number of halogens is 4. The highest BCUT2D eigenvalue weighted by Crippen LogP contribution is 2.36. The zero-order valence-electron chi connectivity index (χ0n) is 18.3. The molecular formula is C24H23ClF3N3O2. The fourth-order valence-corrected chi connectivity index (χ4v) is 3.32. The van der Waals surface area contributed by atoms with Crippen LogP contribution < -0.4 is 15.4 Å². The number of ether oxygens (including phenoxy) is 1. The number of alkyl halides is 3. The van der Waals surface area contributed by atoms with E-state index in [1.807, 2.05) is 24.3 Å².